The third-order valence-corrected chi connectivity index (χ3v) is 4.78. The van der Waals surface area contributed by atoms with Gasteiger partial charge in [0.2, 0.25) is 5.91 Å². The Kier molecular flexibility index (Phi) is 3.48. The number of hydrogen-bond donors (Lipinski definition) is 1. The molecule has 0 unspecified atom stereocenters. The molecule has 6 heteroatoms. The summed E-state index contributed by atoms with van der Waals surface area (Å²) < 4.78 is 0. The summed E-state index contributed by atoms with van der Waals surface area (Å²) in [5, 5.41) is 3.69. The van der Waals surface area contributed by atoms with Crippen LogP contribution in [0.25, 0.3) is 0 Å². The van der Waals surface area contributed by atoms with Gasteiger partial charge >= 0.3 is 0 Å². The van der Waals surface area contributed by atoms with Crippen molar-refractivity contribution < 1.29 is 9.59 Å². The molecule has 1 aromatic heterocycles. The van der Waals surface area contributed by atoms with Gasteiger partial charge in [-0.25, -0.2) is 4.98 Å². The molecule has 1 aliphatic rings. The van der Waals surface area contributed by atoms with Gasteiger partial charge < -0.3 is 5.32 Å². The second-order valence-corrected chi connectivity index (χ2v) is 7.27. The van der Waals surface area contributed by atoms with Crippen molar-refractivity contribution in [3.05, 3.63) is 40.3 Å². The van der Waals surface area contributed by atoms with Gasteiger partial charge in [-0.3, -0.25) is 14.5 Å². The van der Waals surface area contributed by atoms with Crippen LogP contribution in [0.15, 0.2) is 30.5 Å². The summed E-state index contributed by atoms with van der Waals surface area (Å²) in [5.74, 6) is -0.372. The third-order valence-electron chi connectivity index (χ3n) is 3.37. The molecule has 5 nitrogen and oxygen atoms in total. The number of carbonyl (C=O) groups excluding carboxylic acids is 2. The van der Waals surface area contributed by atoms with Gasteiger partial charge in [0.15, 0.2) is 0 Å². The Labute approximate surface area is 133 Å². The number of rotatable bonds is 1. The standard InChI is InChI=1S/C16H17N3O2S/c1-16(2,3)15-17-8-12(22-15)14(21)19-9-13(20)18-10-6-4-5-7-11(10)19/h4-8H,9H2,1-3H3,(H,18,20). The van der Waals surface area contributed by atoms with E-state index in [0.29, 0.717) is 10.6 Å². The average Bonchev–Trinajstić information content (AvgIpc) is 2.95. The number of amides is 2. The summed E-state index contributed by atoms with van der Waals surface area (Å²) in [5.41, 5.74) is 1.28. The van der Waals surface area contributed by atoms with E-state index in [1.165, 1.54) is 16.2 Å². The number of hydrogen-bond acceptors (Lipinski definition) is 4. The number of nitrogens with zero attached hydrogens (tertiary/aromatic N) is 2. The monoisotopic (exact) mass is 315 g/mol. The Morgan fingerprint density at radius 2 is 2.05 bits per heavy atom. The number of para-hydroxylation sites is 2. The van der Waals surface area contributed by atoms with Crippen molar-refractivity contribution in [3.63, 3.8) is 0 Å². The maximum Gasteiger partial charge on any atom is 0.270 e. The Bertz CT molecular complexity index is 746. The van der Waals surface area contributed by atoms with E-state index in [0.717, 1.165) is 10.7 Å². The van der Waals surface area contributed by atoms with Gasteiger partial charge in [0.1, 0.15) is 11.4 Å². The third kappa shape index (κ3) is 2.62. The Balaban J connectivity index is 1.96. The number of nitrogens with one attached hydrogen (secondary N) is 1. The fraction of sp³-hybridized carbons (Fsp3) is 0.312. The van der Waals surface area contributed by atoms with Gasteiger partial charge in [0.25, 0.3) is 5.91 Å². The molecule has 3 rings (SSSR count). The number of aromatic nitrogens is 1. The maximum absolute atomic E-state index is 12.8. The van der Waals surface area contributed by atoms with Gasteiger partial charge in [-0.05, 0) is 12.1 Å². The maximum atomic E-state index is 12.8. The summed E-state index contributed by atoms with van der Waals surface area (Å²) in [6.45, 7) is 6.20. The largest absolute Gasteiger partial charge is 0.323 e. The first-order valence-corrected chi connectivity index (χ1v) is 7.85. The Morgan fingerprint density at radius 3 is 2.73 bits per heavy atom. The second-order valence-electron chi connectivity index (χ2n) is 6.24. The van der Waals surface area contributed by atoms with Gasteiger partial charge in [-0.2, -0.15) is 0 Å². The summed E-state index contributed by atoms with van der Waals surface area (Å²) in [4.78, 5) is 31.0. The van der Waals surface area contributed by atoms with Crippen LogP contribution in [-0.2, 0) is 10.2 Å². The molecule has 2 aromatic rings. The molecule has 0 aliphatic carbocycles. The normalized spacial score (nSPS) is 14.5. The van der Waals surface area contributed by atoms with E-state index in [4.69, 9.17) is 0 Å². The predicted molar refractivity (Wildman–Crippen MR) is 87.6 cm³/mol. The number of fused-ring (bicyclic) bond motifs is 1. The molecule has 0 fully saturated rings. The van der Waals surface area contributed by atoms with Crippen molar-refractivity contribution in [3.8, 4) is 0 Å². The van der Waals surface area contributed by atoms with E-state index in [9.17, 15) is 9.59 Å². The highest BCUT2D eigenvalue weighted by molar-refractivity contribution is 7.13. The molecule has 22 heavy (non-hydrogen) atoms. The first-order valence-electron chi connectivity index (χ1n) is 7.03. The SMILES string of the molecule is CC(C)(C)c1ncc(C(=O)N2CC(=O)Nc3ccccc32)s1. The summed E-state index contributed by atoms with van der Waals surface area (Å²) in [7, 11) is 0. The predicted octanol–water partition coefficient (Wildman–Crippen LogP) is 3.04. The van der Waals surface area contributed by atoms with Crippen LogP contribution < -0.4 is 10.2 Å². The molecule has 0 saturated heterocycles. The van der Waals surface area contributed by atoms with Crippen LogP contribution in [-0.4, -0.2) is 23.3 Å². The van der Waals surface area contributed by atoms with Crippen LogP contribution in [0.5, 0.6) is 0 Å². The zero-order valence-electron chi connectivity index (χ0n) is 12.7. The molecular weight excluding hydrogens is 298 g/mol. The van der Waals surface area contributed by atoms with Crippen molar-refractivity contribution in [1.29, 1.82) is 0 Å². The quantitative estimate of drug-likeness (QED) is 0.880. The molecule has 1 aromatic carbocycles. The smallest absolute Gasteiger partial charge is 0.270 e. The highest BCUT2D eigenvalue weighted by Gasteiger charge is 2.29. The topological polar surface area (TPSA) is 62.3 Å². The van der Waals surface area contributed by atoms with Gasteiger partial charge in [-0.15, -0.1) is 11.3 Å². The summed E-state index contributed by atoms with van der Waals surface area (Å²) >= 11 is 1.38. The van der Waals surface area contributed by atoms with Crippen molar-refractivity contribution >= 4 is 34.5 Å². The first kappa shape index (κ1) is 14.7. The van der Waals surface area contributed by atoms with Crippen molar-refractivity contribution in [2.75, 3.05) is 16.8 Å². The molecule has 1 N–H and O–H groups in total. The van der Waals surface area contributed by atoms with Crippen LogP contribution >= 0.6 is 11.3 Å². The minimum absolute atomic E-state index is 0.0264. The molecule has 1 aliphatic heterocycles. The van der Waals surface area contributed by atoms with E-state index in [1.807, 2.05) is 18.2 Å². The van der Waals surface area contributed by atoms with E-state index >= 15 is 0 Å². The number of anilines is 2. The summed E-state index contributed by atoms with van der Waals surface area (Å²) in [6, 6.07) is 7.31. The minimum Gasteiger partial charge on any atom is -0.323 e. The lowest BCUT2D eigenvalue weighted by Crippen LogP contribution is -2.41. The first-order chi connectivity index (χ1) is 10.4. The van der Waals surface area contributed by atoms with Crippen molar-refractivity contribution in [1.82, 2.24) is 4.98 Å². The van der Waals surface area contributed by atoms with Crippen LogP contribution in [0.4, 0.5) is 11.4 Å². The van der Waals surface area contributed by atoms with Crippen LogP contribution in [0.1, 0.15) is 35.5 Å². The lowest BCUT2D eigenvalue weighted by Gasteiger charge is -2.28. The van der Waals surface area contributed by atoms with Gasteiger partial charge in [-0.1, -0.05) is 32.9 Å². The van der Waals surface area contributed by atoms with Gasteiger partial charge in [0, 0.05) is 5.41 Å². The lowest BCUT2D eigenvalue weighted by atomic mass is 9.98. The van der Waals surface area contributed by atoms with Crippen molar-refractivity contribution in [2.45, 2.75) is 26.2 Å². The molecule has 2 heterocycles. The molecule has 0 spiro atoms. The molecule has 0 saturated carbocycles. The average molecular weight is 315 g/mol. The molecule has 0 radical (unpaired) electrons. The highest BCUT2D eigenvalue weighted by Crippen LogP contribution is 2.32. The molecular formula is C16H17N3O2S. The highest BCUT2D eigenvalue weighted by atomic mass is 32.1. The molecule has 114 valence electrons. The fourth-order valence-electron chi connectivity index (χ4n) is 2.27. The van der Waals surface area contributed by atoms with E-state index in [1.54, 1.807) is 12.3 Å². The zero-order valence-corrected chi connectivity index (χ0v) is 13.5. The Hall–Kier alpha value is -2.21. The summed E-state index contributed by atoms with van der Waals surface area (Å²) in [6.07, 6.45) is 1.60. The van der Waals surface area contributed by atoms with Crippen molar-refractivity contribution in [2.24, 2.45) is 0 Å². The second kappa shape index (κ2) is 5.21. The van der Waals surface area contributed by atoms with E-state index < -0.39 is 0 Å². The lowest BCUT2D eigenvalue weighted by molar-refractivity contribution is -0.115. The molecule has 0 atom stereocenters. The molecule has 2 amide bonds. The van der Waals surface area contributed by atoms with Gasteiger partial charge in [0.05, 0.1) is 22.6 Å². The zero-order chi connectivity index (χ0) is 15.9. The van der Waals surface area contributed by atoms with E-state index in [2.05, 4.69) is 31.1 Å². The Morgan fingerprint density at radius 1 is 1.32 bits per heavy atom. The van der Waals surface area contributed by atoms with Crippen LogP contribution in [0.3, 0.4) is 0 Å². The number of thiazole rings is 1. The van der Waals surface area contributed by atoms with Crippen LogP contribution in [0.2, 0.25) is 0 Å². The fourth-order valence-corrected chi connectivity index (χ4v) is 3.19. The number of carbonyl (C=O) groups is 2. The number of benzene rings is 1. The van der Waals surface area contributed by atoms with Crippen LogP contribution in [0, 0.1) is 0 Å². The van der Waals surface area contributed by atoms with E-state index in [-0.39, 0.29) is 23.8 Å². The minimum atomic E-state index is -0.187. The molecule has 0 bridgehead atoms.